The van der Waals surface area contributed by atoms with Crippen molar-refractivity contribution in [2.24, 2.45) is 0 Å². The number of benzene rings is 1. The van der Waals surface area contributed by atoms with Gasteiger partial charge in [0.25, 0.3) is 0 Å². The van der Waals surface area contributed by atoms with E-state index in [-0.39, 0.29) is 6.10 Å². The predicted octanol–water partition coefficient (Wildman–Crippen LogP) is 2.71. The number of alkyl halides is 1. The molecular weight excluding hydrogens is 254 g/mol. The molecule has 3 heteroatoms. The van der Waals surface area contributed by atoms with Crippen molar-refractivity contribution < 1.29 is 5.11 Å². The number of aliphatic hydroxyl groups is 1. The molecule has 1 aromatic carbocycles. The minimum absolute atomic E-state index is 0.333. The number of rotatable bonds is 3. The van der Waals surface area contributed by atoms with Crippen molar-refractivity contribution in [2.75, 3.05) is 5.33 Å². The van der Waals surface area contributed by atoms with Crippen LogP contribution in [0.5, 0.6) is 0 Å². The van der Waals surface area contributed by atoms with E-state index >= 15 is 0 Å². The van der Waals surface area contributed by atoms with E-state index in [1.165, 1.54) is 16.5 Å². The minimum atomic E-state index is -0.333. The number of fused-ring (bicyclic) bond motifs is 1. The van der Waals surface area contributed by atoms with Crippen LogP contribution in [0.1, 0.15) is 5.56 Å². The maximum Gasteiger partial charge on any atom is 0.0815 e. The largest absolute Gasteiger partial charge is 0.390 e. The second-order valence-electron chi connectivity index (χ2n) is 3.79. The van der Waals surface area contributed by atoms with Gasteiger partial charge >= 0.3 is 0 Å². The van der Waals surface area contributed by atoms with Crippen LogP contribution in [0.15, 0.2) is 30.5 Å². The summed E-state index contributed by atoms with van der Waals surface area (Å²) in [6, 6.07) is 8.27. The Labute approximate surface area is 97.7 Å². The first-order valence-corrected chi connectivity index (χ1v) is 6.13. The molecule has 0 amide bonds. The molecule has 1 unspecified atom stereocenters. The molecule has 0 aliphatic heterocycles. The summed E-state index contributed by atoms with van der Waals surface area (Å²) in [6.07, 6.45) is 1.76. The smallest absolute Gasteiger partial charge is 0.0815 e. The summed E-state index contributed by atoms with van der Waals surface area (Å²) >= 11 is 3.28. The maximum atomic E-state index is 9.61. The summed E-state index contributed by atoms with van der Waals surface area (Å²) in [5.41, 5.74) is 2.45. The first kappa shape index (κ1) is 10.7. The summed E-state index contributed by atoms with van der Waals surface area (Å²) in [5.74, 6) is 0. The standard InChI is InChI=1S/C12H14BrNO/c1-9-7-14(8-10(15)6-13)12-5-3-2-4-11(9)12/h2-5,7,10,15H,6,8H2,1H3. The fourth-order valence-electron chi connectivity index (χ4n) is 1.86. The topological polar surface area (TPSA) is 25.2 Å². The van der Waals surface area contributed by atoms with Crippen molar-refractivity contribution in [2.45, 2.75) is 19.6 Å². The Hall–Kier alpha value is -0.800. The second-order valence-corrected chi connectivity index (χ2v) is 4.44. The second kappa shape index (κ2) is 4.37. The van der Waals surface area contributed by atoms with Gasteiger partial charge in [-0.3, -0.25) is 0 Å². The van der Waals surface area contributed by atoms with Crippen molar-refractivity contribution in [1.82, 2.24) is 4.57 Å². The maximum absolute atomic E-state index is 9.61. The summed E-state index contributed by atoms with van der Waals surface area (Å²) in [5, 5.41) is 11.5. The molecule has 2 nitrogen and oxygen atoms in total. The highest BCUT2D eigenvalue weighted by Gasteiger charge is 2.08. The molecule has 0 radical (unpaired) electrons. The van der Waals surface area contributed by atoms with E-state index in [1.807, 2.05) is 12.1 Å². The molecule has 0 saturated carbocycles. The number of aryl methyl sites for hydroxylation is 1. The summed E-state index contributed by atoms with van der Waals surface area (Å²) in [6.45, 7) is 2.74. The van der Waals surface area contributed by atoms with Gasteiger partial charge in [-0.2, -0.15) is 0 Å². The van der Waals surface area contributed by atoms with Crippen LogP contribution in [0.4, 0.5) is 0 Å². The molecule has 0 saturated heterocycles. The van der Waals surface area contributed by atoms with Gasteiger partial charge in [-0.05, 0) is 18.6 Å². The number of nitrogens with zero attached hydrogens (tertiary/aromatic N) is 1. The lowest BCUT2D eigenvalue weighted by Crippen LogP contribution is -2.16. The Morgan fingerprint density at radius 3 is 2.87 bits per heavy atom. The predicted molar refractivity (Wildman–Crippen MR) is 66.5 cm³/mol. The minimum Gasteiger partial charge on any atom is -0.390 e. The highest BCUT2D eigenvalue weighted by molar-refractivity contribution is 9.09. The van der Waals surface area contributed by atoms with Crippen LogP contribution in [0.2, 0.25) is 0 Å². The molecule has 2 rings (SSSR count). The van der Waals surface area contributed by atoms with Crippen LogP contribution in [0.3, 0.4) is 0 Å². The Bertz CT molecular complexity index is 464. The lowest BCUT2D eigenvalue weighted by molar-refractivity contribution is 0.181. The molecule has 1 atom stereocenters. The third kappa shape index (κ3) is 2.08. The van der Waals surface area contributed by atoms with E-state index in [0.717, 1.165) is 0 Å². The number of hydrogen-bond acceptors (Lipinski definition) is 1. The van der Waals surface area contributed by atoms with E-state index < -0.39 is 0 Å². The van der Waals surface area contributed by atoms with Crippen LogP contribution in [-0.2, 0) is 6.54 Å². The van der Waals surface area contributed by atoms with Gasteiger partial charge in [0.05, 0.1) is 6.10 Å². The summed E-state index contributed by atoms with van der Waals surface area (Å²) in [4.78, 5) is 0. The number of aliphatic hydroxyl groups excluding tert-OH is 1. The van der Waals surface area contributed by atoms with E-state index in [2.05, 4.69) is 45.8 Å². The first-order chi connectivity index (χ1) is 7.22. The van der Waals surface area contributed by atoms with Gasteiger partial charge in [-0.15, -0.1) is 0 Å². The van der Waals surface area contributed by atoms with E-state index in [0.29, 0.717) is 11.9 Å². The van der Waals surface area contributed by atoms with Crippen LogP contribution in [0.25, 0.3) is 10.9 Å². The molecule has 1 N–H and O–H groups in total. The molecule has 1 heterocycles. The van der Waals surface area contributed by atoms with Gasteiger partial charge in [-0.25, -0.2) is 0 Å². The molecule has 2 aromatic rings. The highest BCUT2D eigenvalue weighted by atomic mass is 79.9. The third-order valence-corrected chi connectivity index (χ3v) is 3.32. The highest BCUT2D eigenvalue weighted by Crippen LogP contribution is 2.20. The SMILES string of the molecule is Cc1cn(CC(O)CBr)c2ccccc12. The Balaban J connectivity index is 2.43. The summed E-state index contributed by atoms with van der Waals surface area (Å²) < 4.78 is 2.11. The molecule has 0 spiro atoms. The normalized spacial score (nSPS) is 13.3. The van der Waals surface area contributed by atoms with Gasteiger partial charge in [0.2, 0.25) is 0 Å². The molecular formula is C12H14BrNO. The molecule has 15 heavy (non-hydrogen) atoms. The lowest BCUT2D eigenvalue weighted by Gasteiger charge is -2.09. The van der Waals surface area contributed by atoms with Gasteiger partial charge in [0, 0.05) is 29.0 Å². The zero-order valence-corrected chi connectivity index (χ0v) is 10.2. The van der Waals surface area contributed by atoms with Gasteiger partial charge < -0.3 is 9.67 Å². The average molecular weight is 268 g/mol. The van der Waals surface area contributed by atoms with Crippen molar-refractivity contribution in [3.63, 3.8) is 0 Å². The van der Waals surface area contributed by atoms with Crippen molar-refractivity contribution in [3.8, 4) is 0 Å². The van der Waals surface area contributed by atoms with Gasteiger partial charge in [-0.1, -0.05) is 34.1 Å². The zero-order valence-electron chi connectivity index (χ0n) is 8.65. The molecule has 0 aliphatic carbocycles. The van der Waals surface area contributed by atoms with Crippen LogP contribution in [0, 0.1) is 6.92 Å². The number of halogens is 1. The molecule has 1 aromatic heterocycles. The van der Waals surface area contributed by atoms with Crippen molar-refractivity contribution >= 4 is 26.8 Å². The molecule has 0 bridgehead atoms. The van der Waals surface area contributed by atoms with Crippen molar-refractivity contribution in [3.05, 3.63) is 36.0 Å². The average Bonchev–Trinajstić information content (AvgIpc) is 2.57. The first-order valence-electron chi connectivity index (χ1n) is 5.01. The van der Waals surface area contributed by atoms with E-state index in [4.69, 9.17) is 0 Å². The van der Waals surface area contributed by atoms with Crippen LogP contribution in [-0.4, -0.2) is 21.1 Å². The summed E-state index contributed by atoms with van der Waals surface area (Å²) in [7, 11) is 0. The monoisotopic (exact) mass is 267 g/mol. The number of para-hydroxylation sites is 1. The van der Waals surface area contributed by atoms with Crippen LogP contribution >= 0.6 is 15.9 Å². The van der Waals surface area contributed by atoms with E-state index in [9.17, 15) is 5.11 Å². The fraction of sp³-hybridized carbons (Fsp3) is 0.333. The Kier molecular flexibility index (Phi) is 3.12. The lowest BCUT2D eigenvalue weighted by atomic mass is 10.2. The van der Waals surface area contributed by atoms with Crippen LogP contribution < -0.4 is 0 Å². The van der Waals surface area contributed by atoms with Gasteiger partial charge in [0.15, 0.2) is 0 Å². The third-order valence-electron chi connectivity index (χ3n) is 2.57. The number of aromatic nitrogens is 1. The molecule has 0 aliphatic rings. The van der Waals surface area contributed by atoms with Gasteiger partial charge in [0.1, 0.15) is 0 Å². The molecule has 0 fully saturated rings. The molecule has 80 valence electrons. The quantitative estimate of drug-likeness (QED) is 0.851. The van der Waals surface area contributed by atoms with Crippen molar-refractivity contribution in [1.29, 1.82) is 0 Å². The zero-order chi connectivity index (χ0) is 10.8. The fourth-order valence-corrected chi connectivity index (χ4v) is 2.06. The Morgan fingerprint density at radius 1 is 1.40 bits per heavy atom. The Morgan fingerprint density at radius 2 is 2.13 bits per heavy atom. The van der Waals surface area contributed by atoms with E-state index in [1.54, 1.807) is 0 Å². The number of hydrogen-bond donors (Lipinski definition) is 1.